The maximum Gasteiger partial charge on any atom is 0.154 e. The van der Waals surface area contributed by atoms with E-state index < -0.39 is 0 Å². The molecule has 0 fully saturated rings. The van der Waals surface area contributed by atoms with E-state index in [0.29, 0.717) is 21.3 Å². The lowest BCUT2D eigenvalue weighted by Crippen LogP contribution is -2.03. The van der Waals surface area contributed by atoms with Gasteiger partial charge in [-0.2, -0.15) is 0 Å². The van der Waals surface area contributed by atoms with E-state index >= 15 is 0 Å². The summed E-state index contributed by atoms with van der Waals surface area (Å²) < 4.78 is 13.6. The molecule has 0 aliphatic heterocycles. The van der Waals surface area contributed by atoms with Crippen LogP contribution >= 0.6 is 39.1 Å². The van der Waals surface area contributed by atoms with E-state index in [-0.39, 0.29) is 5.82 Å². The normalized spacial score (nSPS) is 10.6. The fourth-order valence-corrected chi connectivity index (χ4v) is 2.67. The van der Waals surface area contributed by atoms with Crippen LogP contribution in [-0.4, -0.2) is 4.98 Å². The van der Waals surface area contributed by atoms with Crippen molar-refractivity contribution in [3.8, 4) is 0 Å². The van der Waals surface area contributed by atoms with Gasteiger partial charge in [-0.15, -0.1) is 0 Å². The number of benzene rings is 1. The molecule has 0 amide bonds. The number of hydrogen-bond donors (Lipinski definition) is 1. The van der Waals surface area contributed by atoms with Crippen molar-refractivity contribution in [1.29, 1.82) is 0 Å². The molecule has 0 spiro atoms. The lowest BCUT2D eigenvalue weighted by Gasteiger charge is -2.11. The number of halogens is 4. The molecule has 0 aliphatic rings. The first-order valence-electron chi connectivity index (χ1n) is 5.48. The summed E-state index contributed by atoms with van der Waals surface area (Å²) in [5.41, 5.74) is 2.57. The van der Waals surface area contributed by atoms with Gasteiger partial charge in [0.05, 0.1) is 10.2 Å². The van der Waals surface area contributed by atoms with Crippen LogP contribution in [0.5, 0.6) is 0 Å². The molecule has 2 nitrogen and oxygen atoms in total. The number of anilines is 1. The predicted molar refractivity (Wildman–Crippen MR) is 80.4 cm³/mol. The Morgan fingerprint density at radius 2 is 2.05 bits per heavy atom. The van der Waals surface area contributed by atoms with Crippen molar-refractivity contribution in [2.24, 2.45) is 0 Å². The molecule has 0 saturated heterocycles. The second-order valence-corrected chi connectivity index (χ2v) is 5.63. The van der Waals surface area contributed by atoms with Crippen molar-refractivity contribution >= 4 is 44.8 Å². The summed E-state index contributed by atoms with van der Waals surface area (Å²) in [6.45, 7) is 2.41. The average molecular weight is 364 g/mol. The van der Waals surface area contributed by atoms with Crippen molar-refractivity contribution in [3.63, 3.8) is 0 Å². The van der Waals surface area contributed by atoms with Crippen LogP contribution in [0.1, 0.15) is 11.1 Å². The van der Waals surface area contributed by atoms with Crippen molar-refractivity contribution in [1.82, 2.24) is 4.98 Å². The summed E-state index contributed by atoms with van der Waals surface area (Å²) >= 11 is 15.0. The zero-order valence-electron chi connectivity index (χ0n) is 9.98. The Hall–Kier alpha value is -0.840. The molecule has 1 aromatic heterocycles. The average Bonchev–Trinajstić information content (AvgIpc) is 2.32. The lowest BCUT2D eigenvalue weighted by molar-refractivity contribution is 0.620. The van der Waals surface area contributed by atoms with E-state index in [1.165, 1.54) is 6.07 Å². The van der Waals surface area contributed by atoms with Crippen LogP contribution in [0.25, 0.3) is 0 Å². The van der Waals surface area contributed by atoms with Gasteiger partial charge in [0.25, 0.3) is 0 Å². The van der Waals surface area contributed by atoms with Crippen LogP contribution < -0.4 is 5.32 Å². The first-order valence-corrected chi connectivity index (χ1v) is 7.02. The van der Waals surface area contributed by atoms with Gasteiger partial charge < -0.3 is 5.32 Å². The van der Waals surface area contributed by atoms with Crippen LogP contribution in [0.4, 0.5) is 10.1 Å². The second-order valence-electron chi connectivity index (χ2n) is 4.03. The van der Waals surface area contributed by atoms with Gasteiger partial charge in [0.1, 0.15) is 11.0 Å². The Balaban J connectivity index is 2.16. The molecule has 1 N–H and O–H groups in total. The summed E-state index contributed by atoms with van der Waals surface area (Å²) in [4.78, 5) is 3.98. The molecule has 2 rings (SSSR count). The third-order valence-corrected chi connectivity index (χ3v) is 3.67. The zero-order valence-corrected chi connectivity index (χ0v) is 13.1. The molecule has 100 valence electrons. The molecular formula is C13H10BrCl2FN2. The molecule has 19 heavy (non-hydrogen) atoms. The van der Waals surface area contributed by atoms with Crippen LogP contribution in [0.15, 0.2) is 28.7 Å². The molecule has 0 unspecified atom stereocenters. The number of rotatable bonds is 3. The number of hydrogen-bond acceptors (Lipinski definition) is 2. The highest BCUT2D eigenvalue weighted by Crippen LogP contribution is 2.27. The monoisotopic (exact) mass is 362 g/mol. The summed E-state index contributed by atoms with van der Waals surface area (Å²) in [6.07, 6.45) is 0. The highest BCUT2D eigenvalue weighted by atomic mass is 79.9. The fourth-order valence-electron chi connectivity index (χ4n) is 1.65. The van der Waals surface area contributed by atoms with Crippen LogP contribution in [0.3, 0.4) is 0 Å². The van der Waals surface area contributed by atoms with E-state index in [1.54, 1.807) is 18.2 Å². The van der Waals surface area contributed by atoms with Gasteiger partial charge in [-0.05, 0) is 52.2 Å². The molecule has 0 radical (unpaired) electrons. The van der Waals surface area contributed by atoms with Gasteiger partial charge in [0, 0.05) is 6.54 Å². The van der Waals surface area contributed by atoms with E-state index in [0.717, 1.165) is 16.8 Å². The molecule has 0 atom stereocenters. The second kappa shape index (κ2) is 6.07. The molecule has 0 bridgehead atoms. The molecule has 0 saturated carbocycles. The standard InChI is InChI=1S/C13H10BrCl2FN2/c1-7-4-11(15)19-13(16)12(7)18-6-8-2-3-10(17)9(14)5-8/h2-5,18H,6H2,1H3. The zero-order chi connectivity index (χ0) is 14.0. The van der Waals surface area contributed by atoms with Crippen molar-refractivity contribution in [2.45, 2.75) is 13.5 Å². The lowest BCUT2D eigenvalue weighted by atomic mass is 10.2. The SMILES string of the molecule is Cc1cc(Cl)nc(Cl)c1NCc1ccc(F)c(Br)c1. The van der Waals surface area contributed by atoms with Gasteiger partial charge >= 0.3 is 0 Å². The van der Waals surface area contributed by atoms with Crippen LogP contribution in [0.2, 0.25) is 10.3 Å². The molecule has 1 aromatic carbocycles. The molecule has 0 aliphatic carbocycles. The summed E-state index contributed by atoms with van der Waals surface area (Å²) in [6, 6.07) is 6.57. The van der Waals surface area contributed by atoms with Gasteiger partial charge in [0.15, 0.2) is 5.15 Å². The molecule has 1 heterocycles. The van der Waals surface area contributed by atoms with E-state index in [9.17, 15) is 4.39 Å². The van der Waals surface area contributed by atoms with E-state index in [2.05, 4.69) is 26.2 Å². The number of nitrogens with one attached hydrogen (secondary N) is 1. The topological polar surface area (TPSA) is 24.9 Å². The summed E-state index contributed by atoms with van der Waals surface area (Å²) in [7, 11) is 0. The number of nitrogens with zero attached hydrogens (tertiary/aromatic N) is 1. The highest BCUT2D eigenvalue weighted by molar-refractivity contribution is 9.10. The largest absolute Gasteiger partial charge is 0.378 e. The number of aromatic nitrogens is 1. The maximum atomic E-state index is 13.1. The fraction of sp³-hybridized carbons (Fsp3) is 0.154. The van der Waals surface area contributed by atoms with Crippen molar-refractivity contribution < 1.29 is 4.39 Å². The van der Waals surface area contributed by atoms with Gasteiger partial charge in [-0.25, -0.2) is 9.37 Å². The Morgan fingerprint density at radius 3 is 2.68 bits per heavy atom. The third kappa shape index (κ3) is 3.59. The minimum atomic E-state index is -0.286. The smallest absolute Gasteiger partial charge is 0.154 e. The van der Waals surface area contributed by atoms with Crippen molar-refractivity contribution in [2.75, 3.05) is 5.32 Å². The molecule has 2 aromatic rings. The van der Waals surface area contributed by atoms with Gasteiger partial charge in [-0.3, -0.25) is 0 Å². The van der Waals surface area contributed by atoms with Crippen LogP contribution in [-0.2, 0) is 6.54 Å². The molecule has 6 heteroatoms. The Bertz CT molecular complexity index is 597. The minimum absolute atomic E-state index is 0.286. The Labute approximate surface area is 129 Å². The van der Waals surface area contributed by atoms with Gasteiger partial charge in [-0.1, -0.05) is 29.3 Å². The van der Waals surface area contributed by atoms with E-state index in [4.69, 9.17) is 23.2 Å². The Kier molecular flexibility index (Phi) is 4.66. The predicted octanol–water partition coefficient (Wildman–Crippen LogP) is 5.21. The maximum absolute atomic E-state index is 13.1. The van der Waals surface area contributed by atoms with E-state index in [1.807, 2.05) is 6.92 Å². The number of aryl methyl sites for hydroxylation is 1. The number of pyridine rings is 1. The molecular weight excluding hydrogens is 354 g/mol. The van der Waals surface area contributed by atoms with Crippen LogP contribution in [0, 0.1) is 12.7 Å². The highest BCUT2D eigenvalue weighted by Gasteiger charge is 2.08. The minimum Gasteiger partial charge on any atom is -0.378 e. The first kappa shape index (κ1) is 14.6. The quantitative estimate of drug-likeness (QED) is 0.757. The van der Waals surface area contributed by atoms with Crippen molar-refractivity contribution in [3.05, 3.63) is 56.0 Å². The Morgan fingerprint density at radius 1 is 1.32 bits per heavy atom. The summed E-state index contributed by atoms with van der Waals surface area (Å²) in [5, 5.41) is 3.86. The first-order chi connectivity index (χ1) is 8.97. The van der Waals surface area contributed by atoms with Gasteiger partial charge in [0.2, 0.25) is 0 Å². The summed E-state index contributed by atoms with van der Waals surface area (Å²) in [5.74, 6) is -0.286. The third-order valence-electron chi connectivity index (χ3n) is 2.59.